The van der Waals surface area contributed by atoms with Crippen molar-refractivity contribution in [3.63, 3.8) is 0 Å². The number of hydrogen-bond donors (Lipinski definition) is 1. The second-order valence-corrected chi connectivity index (χ2v) is 3.97. The predicted octanol–water partition coefficient (Wildman–Crippen LogP) is 3.75. The molecule has 0 spiro atoms. The van der Waals surface area contributed by atoms with Crippen LogP contribution in [0.3, 0.4) is 0 Å². The molecule has 0 radical (unpaired) electrons. The van der Waals surface area contributed by atoms with Crippen LogP contribution in [0.1, 0.15) is 22.9 Å². The number of benzene rings is 1. The summed E-state index contributed by atoms with van der Waals surface area (Å²) in [4.78, 5) is 0. The quantitative estimate of drug-likeness (QED) is 0.862. The molecule has 102 valence electrons. The topological polar surface area (TPSA) is 25.2 Å². The average Bonchev–Trinajstić information content (AvgIpc) is 2.82. The first-order valence-corrected chi connectivity index (χ1v) is 5.51. The van der Waals surface area contributed by atoms with Crippen molar-refractivity contribution in [1.82, 2.24) is 5.32 Å². The van der Waals surface area contributed by atoms with Gasteiger partial charge in [-0.3, -0.25) is 0 Å². The van der Waals surface area contributed by atoms with E-state index >= 15 is 0 Å². The first kappa shape index (κ1) is 13.6. The van der Waals surface area contributed by atoms with Gasteiger partial charge in [0, 0.05) is 0 Å². The van der Waals surface area contributed by atoms with Gasteiger partial charge in [-0.1, -0.05) is 0 Å². The van der Waals surface area contributed by atoms with E-state index in [0.717, 1.165) is 18.2 Å². The molecular formula is C13H11F4NO. The van der Waals surface area contributed by atoms with Gasteiger partial charge >= 0.3 is 6.18 Å². The molecule has 6 heteroatoms. The van der Waals surface area contributed by atoms with E-state index < -0.39 is 23.6 Å². The SMILES string of the molecule is CNC(c1ccco1)c1cc(F)ccc1C(F)(F)F. The van der Waals surface area contributed by atoms with Crippen molar-refractivity contribution >= 4 is 0 Å². The minimum absolute atomic E-state index is 0.204. The molecular weight excluding hydrogens is 262 g/mol. The fraction of sp³-hybridized carbons (Fsp3) is 0.231. The van der Waals surface area contributed by atoms with E-state index in [4.69, 9.17) is 4.42 Å². The zero-order valence-electron chi connectivity index (χ0n) is 9.96. The minimum atomic E-state index is -4.55. The Morgan fingerprint density at radius 1 is 1.21 bits per heavy atom. The highest BCUT2D eigenvalue weighted by atomic mass is 19.4. The van der Waals surface area contributed by atoms with E-state index in [9.17, 15) is 17.6 Å². The Balaban J connectivity index is 2.56. The molecule has 19 heavy (non-hydrogen) atoms. The summed E-state index contributed by atoms with van der Waals surface area (Å²) in [5.41, 5.74) is -1.09. The second kappa shape index (κ2) is 5.05. The van der Waals surface area contributed by atoms with Gasteiger partial charge in [0.1, 0.15) is 11.6 Å². The zero-order valence-corrected chi connectivity index (χ0v) is 9.96. The number of halogens is 4. The van der Waals surface area contributed by atoms with E-state index in [1.807, 2.05) is 0 Å². The molecule has 0 bridgehead atoms. The van der Waals surface area contributed by atoms with Gasteiger partial charge in [0.25, 0.3) is 0 Å². The van der Waals surface area contributed by atoms with Gasteiger partial charge in [-0.05, 0) is 42.9 Å². The third-order valence-corrected chi connectivity index (χ3v) is 2.75. The summed E-state index contributed by atoms with van der Waals surface area (Å²) in [6.45, 7) is 0. The molecule has 0 saturated heterocycles. The Morgan fingerprint density at radius 2 is 1.95 bits per heavy atom. The highest BCUT2D eigenvalue weighted by Crippen LogP contribution is 2.36. The summed E-state index contributed by atoms with van der Waals surface area (Å²) in [6, 6.07) is 4.63. The van der Waals surface area contributed by atoms with Crippen molar-refractivity contribution < 1.29 is 22.0 Å². The van der Waals surface area contributed by atoms with Crippen molar-refractivity contribution in [2.45, 2.75) is 12.2 Å². The van der Waals surface area contributed by atoms with Gasteiger partial charge in [-0.2, -0.15) is 13.2 Å². The van der Waals surface area contributed by atoms with Crippen LogP contribution in [0.15, 0.2) is 41.0 Å². The molecule has 0 amide bonds. The Kier molecular flexibility index (Phi) is 3.61. The van der Waals surface area contributed by atoms with Gasteiger partial charge in [0.05, 0.1) is 17.9 Å². The summed E-state index contributed by atoms with van der Waals surface area (Å²) < 4.78 is 57.2. The molecule has 2 rings (SSSR count). The van der Waals surface area contributed by atoms with E-state index in [1.54, 1.807) is 6.07 Å². The van der Waals surface area contributed by atoms with Gasteiger partial charge in [0.2, 0.25) is 0 Å². The van der Waals surface area contributed by atoms with Crippen LogP contribution in [0, 0.1) is 5.82 Å². The lowest BCUT2D eigenvalue weighted by atomic mass is 9.98. The third-order valence-electron chi connectivity index (χ3n) is 2.75. The van der Waals surface area contributed by atoms with Crippen LogP contribution in [0.25, 0.3) is 0 Å². The molecule has 0 saturated carbocycles. The molecule has 2 nitrogen and oxygen atoms in total. The fourth-order valence-corrected chi connectivity index (χ4v) is 1.94. The highest BCUT2D eigenvalue weighted by molar-refractivity contribution is 5.36. The Morgan fingerprint density at radius 3 is 2.47 bits per heavy atom. The van der Waals surface area contributed by atoms with Crippen LogP contribution in [0.5, 0.6) is 0 Å². The molecule has 1 unspecified atom stereocenters. The summed E-state index contributed by atoms with van der Waals surface area (Å²) in [5, 5.41) is 2.70. The van der Waals surface area contributed by atoms with Crippen LogP contribution in [0.2, 0.25) is 0 Å². The maximum Gasteiger partial charge on any atom is 0.416 e. The first-order chi connectivity index (χ1) is 8.93. The van der Waals surface area contributed by atoms with Gasteiger partial charge in [-0.25, -0.2) is 4.39 Å². The summed E-state index contributed by atoms with van der Waals surface area (Å²) in [7, 11) is 1.48. The number of alkyl halides is 3. The van der Waals surface area contributed by atoms with E-state index in [2.05, 4.69) is 5.32 Å². The Bertz CT molecular complexity index is 548. The number of hydrogen-bond acceptors (Lipinski definition) is 2. The Labute approximate surface area is 107 Å². The molecule has 0 aliphatic heterocycles. The maximum atomic E-state index is 13.2. The molecule has 1 N–H and O–H groups in total. The maximum absolute atomic E-state index is 13.2. The molecule has 1 heterocycles. The molecule has 0 aliphatic carbocycles. The van der Waals surface area contributed by atoms with Crippen molar-refractivity contribution in [3.8, 4) is 0 Å². The lowest BCUT2D eigenvalue weighted by molar-refractivity contribution is -0.138. The van der Waals surface area contributed by atoms with Gasteiger partial charge in [-0.15, -0.1) is 0 Å². The second-order valence-electron chi connectivity index (χ2n) is 3.97. The normalized spacial score (nSPS) is 13.5. The lowest BCUT2D eigenvalue weighted by Gasteiger charge is -2.19. The number of furan rings is 1. The minimum Gasteiger partial charge on any atom is -0.467 e. The summed E-state index contributed by atoms with van der Waals surface area (Å²) in [5.74, 6) is -0.437. The molecule has 1 atom stereocenters. The molecule has 1 aromatic heterocycles. The van der Waals surface area contributed by atoms with Crippen LogP contribution < -0.4 is 5.32 Å². The predicted molar refractivity (Wildman–Crippen MR) is 61.0 cm³/mol. The standard InChI is InChI=1S/C13H11F4NO/c1-18-12(11-3-2-6-19-11)9-7-8(14)4-5-10(9)13(15,16)17/h2-7,12,18H,1H3. The molecule has 0 fully saturated rings. The number of nitrogens with one attached hydrogen (secondary N) is 1. The van der Waals surface area contributed by atoms with Gasteiger partial charge in [0.15, 0.2) is 0 Å². The lowest BCUT2D eigenvalue weighted by Crippen LogP contribution is -2.21. The van der Waals surface area contributed by atoms with E-state index in [-0.39, 0.29) is 5.56 Å². The van der Waals surface area contributed by atoms with Crippen molar-refractivity contribution in [2.75, 3.05) is 7.05 Å². The van der Waals surface area contributed by atoms with E-state index in [1.165, 1.54) is 19.4 Å². The van der Waals surface area contributed by atoms with Crippen molar-refractivity contribution in [3.05, 3.63) is 59.3 Å². The van der Waals surface area contributed by atoms with Crippen molar-refractivity contribution in [1.29, 1.82) is 0 Å². The van der Waals surface area contributed by atoms with Crippen LogP contribution in [-0.4, -0.2) is 7.05 Å². The monoisotopic (exact) mass is 273 g/mol. The summed E-state index contributed by atoms with van der Waals surface area (Å²) in [6.07, 6.45) is -3.20. The van der Waals surface area contributed by atoms with Gasteiger partial charge < -0.3 is 9.73 Å². The number of rotatable bonds is 3. The highest BCUT2D eigenvalue weighted by Gasteiger charge is 2.36. The molecule has 2 aromatic rings. The average molecular weight is 273 g/mol. The Hall–Kier alpha value is -1.82. The summed E-state index contributed by atoms with van der Waals surface area (Å²) >= 11 is 0. The van der Waals surface area contributed by atoms with Crippen LogP contribution >= 0.6 is 0 Å². The molecule has 0 aliphatic rings. The van der Waals surface area contributed by atoms with Crippen LogP contribution in [-0.2, 0) is 6.18 Å². The fourth-order valence-electron chi connectivity index (χ4n) is 1.94. The van der Waals surface area contributed by atoms with Crippen molar-refractivity contribution in [2.24, 2.45) is 0 Å². The largest absolute Gasteiger partial charge is 0.467 e. The first-order valence-electron chi connectivity index (χ1n) is 5.51. The van der Waals surface area contributed by atoms with E-state index in [0.29, 0.717) is 5.76 Å². The molecule has 1 aromatic carbocycles. The zero-order chi connectivity index (χ0) is 14.0. The third kappa shape index (κ3) is 2.78. The smallest absolute Gasteiger partial charge is 0.416 e. The van der Waals surface area contributed by atoms with Crippen LogP contribution in [0.4, 0.5) is 17.6 Å².